The molecule has 0 amide bonds. The molecule has 0 saturated heterocycles. The largest absolute Gasteiger partial charge is 0.462 e. The van der Waals surface area contributed by atoms with E-state index < -0.39 is 0 Å². The number of hydrogen-bond acceptors (Lipinski definition) is 3. The van der Waals surface area contributed by atoms with Crippen molar-refractivity contribution in [2.45, 2.75) is 12.3 Å². The molecule has 15 heavy (non-hydrogen) atoms. The van der Waals surface area contributed by atoms with E-state index in [1.807, 2.05) is 0 Å². The van der Waals surface area contributed by atoms with E-state index in [2.05, 4.69) is 31.9 Å². The predicted octanol–water partition coefficient (Wildman–Crippen LogP) is 3.10. The van der Waals surface area contributed by atoms with Gasteiger partial charge in [-0.05, 0) is 40.5 Å². The summed E-state index contributed by atoms with van der Waals surface area (Å²) in [6, 6.07) is 3.40. The molecule has 0 saturated carbocycles. The lowest BCUT2D eigenvalue weighted by Crippen LogP contribution is -2.06. The first-order chi connectivity index (χ1) is 7.10. The Hall–Kier alpha value is -0.550. The van der Waals surface area contributed by atoms with E-state index in [4.69, 9.17) is 10.5 Å². The molecule has 0 unspecified atom stereocenters. The summed E-state index contributed by atoms with van der Waals surface area (Å²) in [6.07, 6.45) is 0. The molecular weight excluding hydrogens is 326 g/mol. The highest BCUT2D eigenvalue weighted by atomic mass is 79.9. The number of hydrogen-bond donors (Lipinski definition) is 1. The summed E-state index contributed by atoms with van der Waals surface area (Å²) < 4.78 is 5.62. The van der Waals surface area contributed by atoms with E-state index in [-0.39, 0.29) is 5.97 Å². The lowest BCUT2D eigenvalue weighted by molar-refractivity contribution is 0.0526. The van der Waals surface area contributed by atoms with Crippen molar-refractivity contribution < 1.29 is 9.53 Å². The Labute approximate surface area is 105 Å². The highest BCUT2D eigenvalue weighted by Gasteiger charge is 2.11. The molecule has 0 aliphatic rings. The average Bonchev–Trinajstić information content (AvgIpc) is 2.22. The molecule has 1 aromatic rings. The van der Waals surface area contributed by atoms with Crippen LogP contribution in [0.15, 0.2) is 16.6 Å². The van der Waals surface area contributed by atoms with Crippen LogP contribution in [-0.4, -0.2) is 12.6 Å². The highest BCUT2D eigenvalue weighted by molar-refractivity contribution is 9.10. The second-order valence-electron chi connectivity index (χ2n) is 2.88. The van der Waals surface area contributed by atoms with Crippen LogP contribution in [0.3, 0.4) is 0 Å². The minimum atomic E-state index is -0.333. The molecule has 0 atom stereocenters. The Morgan fingerprint density at radius 3 is 2.73 bits per heavy atom. The Balaban J connectivity index is 3.10. The standard InChI is InChI=1S/C10H11Br2NO2/c1-2-15-10(14)6-3-7(5-11)9(13)8(12)4-6/h3-4H,2,5,13H2,1H3. The molecule has 1 rings (SSSR count). The third-order valence-corrected chi connectivity index (χ3v) is 3.13. The molecule has 0 fully saturated rings. The Kier molecular flexibility index (Phi) is 4.60. The molecule has 0 aliphatic heterocycles. The zero-order chi connectivity index (χ0) is 11.4. The zero-order valence-electron chi connectivity index (χ0n) is 8.22. The third-order valence-electron chi connectivity index (χ3n) is 1.87. The SMILES string of the molecule is CCOC(=O)c1cc(Br)c(N)c(CBr)c1. The molecule has 1 aromatic carbocycles. The van der Waals surface area contributed by atoms with Crippen molar-refractivity contribution in [1.29, 1.82) is 0 Å². The number of rotatable bonds is 3. The lowest BCUT2D eigenvalue weighted by Gasteiger charge is -2.08. The van der Waals surface area contributed by atoms with Gasteiger partial charge in [-0.25, -0.2) is 4.79 Å². The molecule has 0 heterocycles. The van der Waals surface area contributed by atoms with Gasteiger partial charge >= 0.3 is 5.97 Å². The number of carbonyl (C=O) groups excluding carboxylic acids is 1. The second-order valence-corrected chi connectivity index (χ2v) is 4.30. The van der Waals surface area contributed by atoms with E-state index in [0.29, 0.717) is 27.7 Å². The number of halogens is 2. The zero-order valence-corrected chi connectivity index (χ0v) is 11.4. The monoisotopic (exact) mass is 335 g/mol. The van der Waals surface area contributed by atoms with Gasteiger partial charge in [0.1, 0.15) is 0 Å². The van der Waals surface area contributed by atoms with Gasteiger partial charge in [0.15, 0.2) is 0 Å². The van der Waals surface area contributed by atoms with Crippen LogP contribution in [0.4, 0.5) is 5.69 Å². The first kappa shape index (κ1) is 12.5. The van der Waals surface area contributed by atoms with E-state index in [1.165, 1.54) is 0 Å². The summed E-state index contributed by atoms with van der Waals surface area (Å²) >= 11 is 6.62. The van der Waals surface area contributed by atoms with Crippen LogP contribution < -0.4 is 5.73 Å². The van der Waals surface area contributed by atoms with Gasteiger partial charge in [-0.3, -0.25) is 0 Å². The van der Waals surface area contributed by atoms with Gasteiger partial charge in [-0.2, -0.15) is 0 Å². The predicted molar refractivity (Wildman–Crippen MR) is 67.1 cm³/mol. The van der Waals surface area contributed by atoms with Crippen LogP contribution in [0.1, 0.15) is 22.8 Å². The minimum absolute atomic E-state index is 0.333. The highest BCUT2D eigenvalue weighted by Crippen LogP contribution is 2.27. The average molecular weight is 337 g/mol. The number of alkyl halides is 1. The maximum Gasteiger partial charge on any atom is 0.338 e. The smallest absolute Gasteiger partial charge is 0.338 e. The quantitative estimate of drug-likeness (QED) is 0.524. The number of nitrogen functional groups attached to an aromatic ring is 1. The summed E-state index contributed by atoms with van der Waals surface area (Å²) in [4.78, 5) is 11.5. The van der Waals surface area contributed by atoms with Crippen molar-refractivity contribution in [1.82, 2.24) is 0 Å². The summed E-state index contributed by atoms with van der Waals surface area (Å²) in [7, 11) is 0. The number of nitrogens with two attached hydrogens (primary N) is 1. The molecule has 0 bridgehead atoms. The number of benzene rings is 1. The summed E-state index contributed by atoms with van der Waals surface area (Å²) in [5.41, 5.74) is 7.82. The Morgan fingerprint density at radius 1 is 1.53 bits per heavy atom. The maximum absolute atomic E-state index is 11.5. The Bertz CT molecular complexity index is 380. The van der Waals surface area contributed by atoms with E-state index in [1.54, 1.807) is 19.1 Å². The molecule has 5 heteroatoms. The van der Waals surface area contributed by atoms with Crippen molar-refractivity contribution in [3.63, 3.8) is 0 Å². The van der Waals surface area contributed by atoms with Gasteiger partial charge in [0.25, 0.3) is 0 Å². The van der Waals surface area contributed by atoms with Gasteiger partial charge in [0.2, 0.25) is 0 Å². The fourth-order valence-corrected chi connectivity index (χ4v) is 2.08. The molecular formula is C10H11Br2NO2. The van der Waals surface area contributed by atoms with Crippen LogP contribution in [0.5, 0.6) is 0 Å². The van der Waals surface area contributed by atoms with Crippen molar-refractivity contribution in [3.8, 4) is 0 Å². The van der Waals surface area contributed by atoms with Crippen LogP contribution >= 0.6 is 31.9 Å². The maximum atomic E-state index is 11.5. The fraction of sp³-hybridized carbons (Fsp3) is 0.300. The molecule has 2 N–H and O–H groups in total. The van der Waals surface area contributed by atoms with Crippen LogP contribution in [0, 0.1) is 0 Å². The number of esters is 1. The van der Waals surface area contributed by atoms with E-state index in [9.17, 15) is 4.79 Å². The molecule has 3 nitrogen and oxygen atoms in total. The van der Waals surface area contributed by atoms with Crippen molar-refractivity contribution in [2.75, 3.05) is 12.3 Å². The van der Waals surface area contributed by atoms with E-state index >= 15 is 0 Å². The van der Waals surface area contributed by atoms with Gasteiger partial charge in [-0.1, -0.05) is 15.9 Å². The minimum Gasteiger partial charge on any atom is -0.462 e. The molecule has 82 valence electrons. The van der Waals surface area contributed by atoms with Gasteiger partial charge in [0, 0.05) is 15.5 Å². The normalized spacial score (nSPS) is 10.1. The number of carbonyl (C=O) groups is 1. The van der Waals surface area contributed by atoms with Gasteiger partial charge in [0.05, 0.1) is 12.2 Å². The number of anilines is 1. The topological polar surface area (TPSA) is 52.3 Å². The molecule has 0 aliphatic carbocycles. The van der Waals surface area contributed by atoms with Crippen LogP contribution in [-0.2, 0) is 10.1 Å². The van der Waals surface area contributed by atoms with Gasteiger partial charge in [-0.15, -0.1) is 0 Å². The Morgan fingerprint density at radius 2 is 2.20 bits per heavy atom. The van der Waals surface area contributed by atoms with Crippen molar-refractivity contribution in [2.24, 2.45) is 0 Å². The summed E-state index contributed by atoms with van der Waals surface area (Å²) in [6.45, 7) is 2.14. The lowest BCUT2D eigenvalue weighted by atomic mass is 10.1. The summed E-state index contributed by atoms with van der Waals surface area (Å²) in [5, 5.41) is 0.602. The van der Waals surface area contributed by atoms with Crippen molar-refractivity contribution in [3.05, 3.63) is 27.7 Å². The molecule has 0 spiro atoms. The second kappa shape index (κ2) is 5.51. The number of ether oxygens (including phenoxy) is 1. The fourth-order valence-electron chi connectivity index (χ4n) is 1.12. The van der Waals surface area contributed by atoms with Gasteiger partial charge < -0.3 is 10.5 Å². The first-order valence-corrected chi connectivity index (χ1v) is 6.32. The first-order valence-electron chi connectivity index (χ1n) is 4.41. The summed E-state index contributed by atoms with van der Waals surface area (Å²) in [5.74, 6) is -0.333. The van der Waals surface area contributed by atoms with Crippen LogP contribution in [0.25, 0.3) is 0 Å². The molecule has 0 aromatic heterocycles. The molecule has 0 radical (unpaired) electrons. The van der Waals surface area contributed by atoms with E-state index in [0.717, 1.165) is 5.56 Å². The van der Waals surface area contributed by atoms with Crippen molar-refractivity contribution >= 4 is 43.5 Å². The van der Waals surface area contributed by atoms with Crippen LogP contribution in [0.2, 0.25) is 0 Å². The third kappa shape index (κ3) is 2.95.